The van der Waals surface area contributed by atoms with Crippen molar-refractivity contribution >= 4 is 50.7 Å². The molecule has 0 aliphatic carbocycles. The highest BCUT2D eigenvalue weighted by molar-refractivity contribution is 7.92. The largest absolute Gasteiger partial charge is 0.350 e. The maximum absolute atomic E-state index is 14.0. The monoisotopic (exact) mass is 603 g/mol. The molecule has 3 aromatic rings. The van der Waals surface area contributed by atoms with Gasteiger partial charge >= 0.3 is 0 Å². The average Bonchev–Trinajstić information content (AvgIpc) is 2.86. The number of aryl methyl sites for hydroxylation is 2. The topological polar surface area (TPSA) is 86.8 Å². The van der Waals surface area contributed by atoms with E-state index >= 15 is 0 Å². The van der Waals surface area contributed by atoms with Crippen LogP contribution < -0.4 is 9.62 Å². The highest BCUT2D eigenvalue weighted by Gasteiger charge is 2.34. The molecule has 0 saturated carbocycles. The number of hydrogen-bond acceptors (Lipinski definition) is 4. The smallest absolute Gasteiger partial charge is 0.264 e. The maximum atomic E-state index is 14.0. The van der Waals surface area contributed by atoms with E-state index in [1.165, 1.54) is 17.0 Å². The number of nitrogens with one attached hydrogen (secondary N) is 1. The Morgan fingerprint density at radius 2 is 1.57 bits per heavy atom. The molecule has 0 bridgehead atoms. The van der Waals surface area contributed by atoms with E-state index < -0.39 is 34.1 Å². The summed E-state index contributed by atoms with van der Waals surface area (Å²) in [5.74, 6) is -0.940. The second-order valence-electron chi connectivity index (χ2n) is 10.8. The predicted octanol–water partition coefficient (Wildman–Crippen LogP) is 6.14. The molecule has 0 spiro atoms. The van der Waals surface area contributed by atoms with E-state index in [9.17, 15) is 18.0 Å². The van der Waals surface area contributed by atoms with Crippen molar-refractivity contribution in [1.29, 1.82) is 0 Å². The van der Waals surface area contributed by atoms with Gasteiger partial charge in [-0.2, -0.15) is 0 Å². The molecule has 0 aromatic heterocycles. The second kappa shape index (κ2) is 12.6. The fourth-order valence-corrected chi connectivity index (χ4v) is 6.02. The quantitative estimate of drug-likeness (QED) is 0.318. The molecule has 0 saturated heterocycles. The molecule has 1 atom stereocenters. The minimum Gasteiger partial charge on any atom is -0.350 e. The third-order valence-corrected chi connectivity index (χ3v) is 8.66. The van der Waals surface area contributed by atoms with E-state index in [0.29, 0.717) is 26.9 Å². The normalized spacial score (nSPS) is 12.5. The van der Waals surface area contributed by atoms with Crippen molar-refractivity contribution in [3.63, 3.8) is 0 Å². The molecule has 0 fully saturated rings. The van der Waals surface area contributed by atoms with E-state index in [2.05, 4.69) is 5.32 Å². The van der Waals surface area contributed by atoms with Crippen molar-refractivity contribution in [2.24, 2.45) is 0 Å². The Morgan fingerprint density at radius 1 is 0.950 bits per heavy atom. The molecule has 214 valence electrons. The van der Waals surface area contributed by atoms with Crippen LogP contribution in [0.5, 0.6) is 0 Å². The summed E-state index contributed by atoms with van der Waals surface area (Å²) in [6.07, 6.45) is 0. The zero-order chi connectivity index (χ0) is 29.8. The molecule has 40 heavy (non-hydrogen) atoms. The fourth-order valence-electron chi connectivity index (χ4n) is 4.12. The number of amides is 2. The van der Waals surface area contributed by atoms with Gasteiger partial charge < -0.3 is 10.2 Å². The molecule has 10 heteroatoms. The molecular formula is C30H35Cl2N3O4S. The van der Waals surface area contributed by atoms with Crippen LogP contribution >= 0.6 is 23.2 Å². The van der Waals surface area contributed by atoms with Crippen LogP contribution in [0.3, 0.4) is 0 Å². The van der Waals surface area contributed by atoms with Crippen LogP contribution in [-0.2, 0) is 26.2 Å². The first kappa shape index (κ1) is 31.5. The third kappa shape index (κ3) is 7.77. The maximum Gasteiger partial charge on any atom is 0.264 e. The fraction of sp³-hybridized carbons (Fsp3) is 0.333. The molecule has 2 amide bonds. The summed E-state index contributed by atoms with van der Waals surface area (Å²) >= 11 is 12.6. The van der Waals surface area contributed by atoms with Crippen molar-refractivity contribution in [3.05, 3.63) is 93.5 Å². The number of carbonyl (C=O) groups is 2. The SMILES string of the molecule is Cc1ccc(S(=O)(=O)N(CC(=O)N(Cc2ccccc2Cl)[C@H](C)C(=O)NC(C)(C)C)c2ccc(Cl)cc2C)cc1. The van der Waals surface area contributed by atoms with E-state index in [1.807, 2.05) is 27.7 Å². The zero-order valence-corrected chi connectivity index (χ0v) is 25.9. The van der Waals surface area contributed by atoms with Crippen LogP contribution in [0.25, 0.3) is 0 Å². The summed E-state index contributed by atoms with van der Waals surface area (Å²) in [6, 6.07) is 17.3. The highest BCUT2D eigenvalue weighted by atomic mass is 35.5. The summed E-state index contributed by atoms with van der Waals surface area (Å²) in [7, 11) is -4.17. The standard InChI is InChI=1S/C30H35Cl2N3O4S/c1-20-11-14-25(15-12-20)40(38,39)35(27-16-13-24(31)17-21(27)2)19-28(36)34(18-23-9-7-8-10-26(23)32)22(3)29(37)33-30(4,5)6/h7-17,22H,18-19H2,1-6H3,(H,33,37)/t22-/m1/s1. The van der Waals surface area contributed by atoms with Gasteiger partial charge in [0.2, 0.25) is 11.8 Å². The van der Waals surface area contributed by atoms with Crippen molar-refractivity contribution in [3.8, 4) is 0 Å². The highest BCUT2D eigenvalue weighted by Crippen LogP contribution is 2.30. The van der Waals surface area contributed by atoms with E-state index in [0.717, 1.165) is 9.87 Å². The first-order valence-corrected chi connectivity index (χ1v) is 15.0. The van der Waals surface area contributed by atoms with Gasteiger partial charge in [-0.25, -0.2) is 8.42 Å². The van der Waals surface area contributed by atoms with E-state index in [1.54, 1.807) is 68.4 Å². The summed E-state index contributed by atoms with van der Waals surface area (Å²) in [6.45, 7) is 10.2. The molecule has 0 aliphatic heterocycles. The third-order valence-electron chi connectivity index (χ3n) is 6.28. The van der Waals surface area contributed by atoms with E-state index in [-0.39, 0.29) is 17.3 Å². The molecule has 3 rings (SSSR count). The average molecular weight is 605 g/mol. The van der Waals surface area contributed by atoms with Gasteiger partial charge in [0.25, 0.3) is 10.0 Å². The second-order valence-corrected chi connectivity index (χ2v) is 13.5. The van der Waals surface area contributed by atoms with Crippen molar-refractivity contribution in [1.82, 2.24) is 10.2 Å². The predicted molar refractivity (Wildman–Crippen MR) is 161 cm³/mol. The van der Waals surface area contributed by atoms with Gasteiger partial charge in [0.05, 0.1) is 10.6 Å². The number of carbonyl (C=O) groups excluding carboxylic acids is 2. The zero-order valence-electron chi connectivity index (χ0n) is 23.5. The lowest BCUT2D eigenvalue weighted by Gasteiger charge is -2.34. The van der Waals surface area contributed by atoms with E-state index in [4.69, 9.17) is 23.2 Å². The van der Waals surface area contributed by atoms with Gasteiger partial charge in [0.15, 0.2) is 0 Å². The van der Waals surface area contributed by atoms with Gasteiger partial charge in [-0.3, -0.25) is 13.9 Å². The van der Waals surface area contributed by atoms with Crippen LogP contribution in [0.15, 0.2) is 71.6 Å². The minimum absolute atomic E-state index is 0.00918. The number of anilines is 1. The summed E-state index contributed by atoms with van der Waals surface area (Å²) < 4.78 is 29.0. The Kier molecular flexibility index (Phi) is 9.93. The first-order chi connectivity index (χ1) is 18.6. The summed E-state index contributed by atoms with van der Waals surface area (Å²) in [5.41, 5.74) is 1.87. The first-order valence-electron chi connectivity index (χ1n) is 12.8. The van der Waals surface area contributed by atoms with Crippen LogP contribution in [0, 0.1) is 13.8 Å². The van der Waals surface area contributed by atoms with Crippen LogP contribution in [0.4, 0.5) is 5.69 Å². The lowest BCUT2D eigenvalue weighted by Crippen LogP contribution is -2.54. The van der Waals surface area contributed by atoms with Gasteiger partial charge in [0.1, 0.15) is 12.6 Å². The lowest BCUT2D eigenvalue weighted by atomic mass is 10.1. The Balaban J connectivity index is 2.08. The molecule has 0 heterocycles. The van der Waals surface area contributed by atoms with Crippen molar-refractivity contribution < 1.29 is 18.0 Å². The Labute approximate surface area is 247 Å². The van der Waals surface area contributed by atoms with Gasteiger partial charge in [-0.05, 0) is 89.1 Å². The number of sulfonamides is 1. The Hall–Kier alpha value is -3.07. The molecule has 0 aliphatic rings. The molecule has 3 aromatic carbocycles. The molecule has 0 unspecified atom stereocenters. The number of nitrogens with zero attached hydrogens (tertiary/aromatic N) is 2. The molecule has 1 N–H and O–H groups in total. The van der Waals surface area contributed by atoms with Gasteiger partial charge in [-0.1, -0.05) is 59.1 Å². The van der Waals surface area contributed by atoms with Crippen molar-refractivity contribution in [2.75, 3.05) is 10.8 Å². The van der Waals surface area contributed by atoms with Crippen LogP contribution in [0.2, 0.25) is 10.0 Å². The van der Waals surface area contributed by atoms with Crippen LogP contribution in [0.1, 0.15) is 44.4 Å². The number of hydrogen-bond donors (Lipinski definition) is 1. The Morgan fingerprint density at radius 3 is 2.15 bits per heavy atom. The van der Waals surface area contributed by atoms with Gasteiger partial charge in [-0.15, -0.1) is 0 Å². The summed E-state index contributed by atoms with van der Waals surface area (Å²) in [4.78, 5) is 28.6. The van der Waals surface area contributed by atoms with Crippen molar-refractivity contribution in [2.45, 2.75) is 64.6 Å². The number of benzene rings is 3. The molecule has 0 radical (unpaired) electrons. The Bertz CT molecular complexity index is 1490. The number of halogens is 2. The lowest BCUT2D eigenvalue weighted by molar-refractivity contribution is -0.140. The molecular weight excluding hydrogens is 569 g/mol. The van der Waals surface area contributed by atoms with Gasteiger partial charge in [0, 0.05) is 22.1 Å². The minimum atomic E-state index is -4.17. The molecule has 7 nitrogen and oxygen atoms in total. The van der Waals surface area contributed by atoms with Crippen LogP contribution in [-0.4, -0.2) is 43.3 Å². The number of rotatable bonds is 9. The summed E-state index contributed by atoms with van der Waals surface area (Å²) in [5, 5.41) is 3.77.